The van der Waals surface area contributed by atoms with E-state index in [0.29, 0.717) is 6.04 Å². The van der Waals surface area contributed by atoms with Crippen molar-refractivity contribution in [3.63, 3.8) is 0 Å². The Kier molecular flexibility index (Phi) is 8.93. The van der Waals surface area contributed by atoms with E-state index < -0.39 is 0 Å². The molecule has 0 spiro atoms. The van der Waals surface area contributed by atoms with Gasteiger partial charge in [-0.05, 0) is 19.8 Å². The summed E-state index contributed by atoms with van der Waals surface area (Å²) in [5, 5.41) is 10.9. The molecule has 0 saturated heterocycles. The van der Waals surface area contributed by atoms with E-state index in [1.807, 2.05) is 6.92 Å². The normalized spacial score (nSPS) is 16.8. The molecular formula is C12H23ClN4S. The maximum atomic E-state index is 7.28. The predicted molar refractivity (Wildman–Crippen MR) is 83.9 cm³/mol. The molecule has 0 unspecified atom stereocenters. The van der Waals surface area contributed by atoms with Gasteiger partial charge in [-0.1, -0.05) is 43.2 Å². The smallest absolute Gasteiger partial charge is 0.191 e. The molecule has 1 aliphatic rings. The zero-order valence-corrected chi connectivity index (χ0v) is 12.5. The van der Waals surface area contributed by atoms with Gasteiger partial charge in [-0.3, -0.25) is 10.4 Å². The van der Waals surface area contributed by atoms with Gasteiger partial charge in [-0.15, -0.1) is 12.4 Å². The Bertz CT molecular complexity index is 311. The lowest BCUT2D eigenvalue weighted by molar-refractivity contribution is 0.443. The van der Waals surface area contributed by atoms with Crippen LogP contribution in [0.2, 0.25) is 0 Å². The van der Waals surface area contributed by atoms with Gasteiger partial charge in [0.05, 0.1) is 6.04 Å². The minimum atomic E-state index is -0.0474. The van der Waals surface area contributed by atoms with Crippen molar-refractivity contribution in [2.75, 3.05) is 5.75 Å². The Labute approximate surface area is 120 Å². The molecule has 104 valence electrons. The Morgan fingerprint density at radius 3 is 2.56 bits per heavy atom. The summed E-state index contributed by atoms with van der Waals surface area (Å²) in [4.78, 5) is 4.65. The fourth-order valence-electron chi connectivity index (χ4n) is 1.79. The van der Waals surface area contributed by atoms with E-state index in [1.54, 1.807) is 11.8 Å². The summed E-state index contributed by atoms with van der Waals surface area (Å²) in [6.07, 6.45) is 6.13. The number of nitrogens with zero attached hydrogens (tertiary/aromatic N) is 1. The van der Waals surface area contributed by atoms with Crippen LogP contribution in [0.5, 0.6) is 0 Å². The molecule has 0 aromatic carbocycles. The van der Waals surface area contributed by atoms with Crippen LogP contribution in [0.3, 0.4) is 0 Å². The van der Waals surface area contributed by atoms with E-state index >= 15 is 0 Å². The molecule has 1 saturated carbocycles. The van der Waals surface area contributed by atoms with Crippen molar-refractivity contribution < 1.29 is 0 Å². The minimum Gasteiger partial charge on any atom is -0.370 e. The quantitative estimate of drug-likeness (QED) is 0.425. The number of hydrogen-bond acceptors (Lipinski definition) is 3. The van der Waals surface area contributed by atoms with E-state index in [0.717, 1.165) is 29.3 Å². The monoisotopic (exact) mass is 290 g/mol. The highest BCUT2D eigenvalue weighted by molar-refractivity contribution is 8.14. The number of nitrogens with two attached hydrogens (primary N) is 1. The van der Waals surface area contributed by atoms with E-state index in [2.05, 4.69) is 16.9 Å². The van der Waals surface area contributed by atoms with Crippen LogP contribution in [0, 0.1) is 5.41 Å². The Morgan fingerprint density at radius 2 is 2.06 bits per heavy atom. The predicted octanol–water partition coefficient (Wildman–Crippen LogP) is 2.89. The molecule has 1 rings (SSSR count). The lowest BCUT2D eigenvalue weighted by atomic mass is 9.96. The Morgan fingerprint density at radius 1 is 1.44 bits per heavy atom. The molecule has 4 nitrogen and oxygen atoms in total. The van der Waals surface area contributed by atoms with Gasteiger partial charge in [0, 0.05) is 5.75 Å². The number of hydrogen-bond donors (Lipinski definition) is 3. The first-order chi connectivity index (χ1) is 8.08. The third kappa shape index (κ3) is 7.61. The molecular weight excluding hydrogens is 268 g/mol. The lowest BCUT2D eigenvalue weighted by Gasteiger charge is -2.19. The van der Waals surface area contributed by atoms with Crippen LogP contribution in [-0.4, -0.2) is 22.9 Å². The molecule has 0 heterocycles. The fraction of sp³-hybridized carbons (Fsp3) is 0.667. The molecule has 18 heavy (non-hydrogen) atoms. The van der Waals surface area contributed by atoms with Gasteiger partial charge in [-0.25, -0.2) is 0 Å². The van der Waals surface area contributed by atoms with Gasteiger partial charge in [0.25, 0.3) is 0 Å². The van der Waals surface area contributed by atoms with E-state index in [4.69, 9.17) is 11.1 Å². The molecule has 0 atom stereocenters. The number of thioether (sulfide) groups is 1. The van der Waals surface area contributed by atoms with Crippen LogP contribution in [0.4, 0.5) is 0 Å². The Hall–Kier alpha value is -0.680. The summed E-state index contributed by atoms with van der Waals surface area (Å²) in [6.45, 7) is 5.85. The molecule has 1 aliphatic carbocycles. The van der Waals surface area contributed by atoms with E-state index in [1.165, 1.54) is 19.3 Å². The molecule has 6 heteroatoms. The van der Waals surface area contributed by atoms with Crippen molar-refractivity contribution in [1.82, 2.24) is 5.32 Å². The maximum Gasteiger partial charge on any atom is 0.191 e. The summed E-state index contributed by atoms with van der Waals surface area (Å²) in [7, 11) is 0. The second kappa shape index (κ2) is 9.28. The van der Waals surface area contributed by atoms with Crippen LogP contribution in [-0.2, 0) is 0 Å². The number of nitrogens with one attached hydrogen (secondary N) is 2. The number of amidine groups is 1. The topological polar surface area (TPSA) is 74.3 Å². The van der Waals surface area contributed by atoms with Gasteiger partial charge in [0.2, 0.25) is 0 Å². The number of rotatable bonds is 3. The van der Waals surface area contributed by atoms with Crippen LogP contribution in [0.25, 0.3) is 0 Å². The molecule has 0 aromatic rings. The van der Waals surface area contributed by atoms with Crippen molar-refractivity contribution in [3.8, 4) is 0 Å². The molecule has 0 radical (unpaired) electrons. The largest absolute Gasteiger partial charge is 0.370 e. The highest BCUT2D eigenvalue weighted by Gasteiger charge is 2.13. The summed E-state index contributed by atoms with van der Waals surface area (Å²) >= 11 is 1.57. The molecule has 0 aliphatic heterocycles. The molecule has 0 bridgehead atoms. The summed E-state index contributed by atoms with van der Waals surface area (Å²) in [6, 6.07) is 0.392. The Balaban J connectivity index is 0.00000289. The average Bonchev–Trinajstić information content (AvgIpc) is 2.26. The summed E-state index contributed by atoms with van der Waals surface area (Å²) < 4.78 is 0. The van der Waals surface area contributed by atoms with Crippen molar-refractivity contribution in [1.29, 1.82) is 5.41 Å². The molecule has 4 N–H and O–H groups in total. The average molecular weight is 291 g/mol. The van der Waals surface area contributed by atoms with Crippen molar-refractivity contribution in [2.24, 2.45) is 10.7 Å². The van der Waals surface area contributed by atoms with Gasteiger partial charge in [0.1, 0.15) is 0 Å². The van der Waals surface area contributed by atoms with Crippen LogP contribution in [0.15, 0.2) is 17.1 Å². The zero-order chi connectivity index (χ0) is 12.7. The molecule has 0 aromatic heterocycles. The van der Waals surface area contributed by atoms with Gasteiger partial charge in [0.15, 0.2) is 11.1 Å². The maximum absolute atomic E-state index is 7.28. The van der Waals surface area contributed by atoms with Gasteiger partial charge < -0.3 is 11.1 Å². The molecule has 1 fully saturated rings. The number of aliphatic imine (C=N–C) groups is 1. The lowest BCUT2D eigenvalue weighted by Crippen LogP contribution is -2.35. The summed E-state index contributed by atoms with van der Waals surface area (Å²) in [5.41, 5.74) is 6.45. The standard InChI is InChI=1S/C12H22N4S.ClH/c1-9(2)8-17-12(16-11(13)14)15-10-6-4-3-5-7-10;/h10H,1,3-8H2,2H3,(H4,13,14,15,16);1H. The van der Waals surface area contributed by atoms with Crippen LogP contribution >= 0.6 is 24.2 Å². The highest BCUT2D eigenvalue weighted by atomic mass is 35.5. The number of guanidine groups is 1. The first-order valence-electron chi connectivity index (χ1n) is 6.04. The van der Waals surface area contributed by atoms with Crippen molar-refractivity contribution >= 4 is 35.3 Å². The first kappa shape index (κ1) is 17.3. The van der Waals surface area contributed by atoms with Crippen molar-refractivity contribution in [2.45, 2.75) is 45.1 Å². The first-order valence-corrected chi connectivity index (χ1v) is 7.02. The van der Waals surface area contributed by atoms with Gasteiger partial charge in [-0.2, -0.15) is 0 Å². The minimum absolute atomic E-state index is 0. The van der Waals surface area contributed by atoms with Crippen LogP contribution < -0.4 is 11.1 Å². The van der Waals surface area contributed by atoms with E-state index in [-0.39, 0.29) is 18.4 Å². The third-order valence-corrected chi connectivity index (χ3v) is 3.69. The van der Waals surface area contributed by atoms with Crippen LogP contribution in [0.1, 0.15) is 39.0 Å². The SMILES string of the molecule is C=C(C)CSC(=NC1CCCCC1)NC(=N)N.Cl. The van der Waals surface area contributed by atoms with E-state index in [9.17, 15) is 0 Å². The molecule has 0 amide bonds. The van der Waals surface area contributed by atoms with Gasteiger partial charge >= 0.3 is 0 Å². The summed E-state index contributed by atoms with van der Waals surface area (Å²) in [5.74, 6) is 0.764. The number of halogens is 1. The van der Waals surface area contributed by atoms with Crippen molar-refractivity contribution in [3.05, 3.63) is 12.2 Å². The second-order valence-electron chi connectivity index (χ2n) is 4.51. The zero-order valence-electron chi connectivity index (χ0n) is 10.9. The highest BCUT2D eigenvalue weighted by Crippen LogP contribution is 2.21. The fourth-order valence-corrected chi connectivity index (χ4v) is 2.58. The second-order valence-corrected chi connectivity index (χ2v) is 5.47. The third-order valence-electron chi connectivity index (χ3n) is 2.57.